The lowest BCUT2D eigenvalue weighted by atomic mass is 9.78. The van der Waals surface area contributed by atoms with Gasteiger partial charge in [-0.2, -0.15) is 0 Å². The fourth-order valence-corrected chi connectivity index (χ4v) is 0.685. The molecule has 0 saturated carbocycles. The van der Waals surface area contributed by atoms with E-state index >= 15 is 0 Å². The number of pyridine rings is 1. The van der Waals surface area contributed by atoms with Crippen molar-refractivity contribution < 1.29 is 10.0 Å². The fraction of sp³-hybridized carbons (Fsp3) is 0. The molecular formula is C7H8BNO2. The molecule has 1 rings (SSSR count). The second-order valence-corrected chi connectivity index (χ2v) is 2.11. The highest BCUT2D eigenvalue weighted by Crippen LogP contribution is 2.08. The minimum Gasteiger partial charge on any atom is -0.423 e. The van der Waals surface area contributed by atoms with Crippen molar-refractivity contribution in [1.29, 1.82) is 0 Å². The van der Waals surface area contributed by atoms with Crippen molar-refractivity contribution in [2.24, 2.45) is 0 Å². The molecule has 56 valence electrons. The van der Waals surface area contributed by atoms with Gasteiger partial charge in [-0.15, -0.1) is 0 Å². The van der Waals surface area contributed by atoms with Gasteiger partial charge in [0.05, 0.1) is 5.69 Å². The lowest BCUT2D eigenvalue weighted by Gasteiger charge is -2.00. The normalized spacial score (nSPS) is 9.27. The van der Waals surface area contributed by atoms with Crippen molar-refractivity contribution in [3.05, 3.63) is 36.7 Å². The predicted molar refractivity (Wildman–Crippen MR) is 43.5 cm³/mol. The van der Waals surface area contributed by atoms with Crippen LogP contribution in [0.1, 0.15) is 5.69 Å². The molecule has 4 heteroatoms. The van der Waals surface area contributed by atoms with Crippen molar-refractivity contribution in [1.82, 2.24) is 4.98 Å². The maximum atomic E-state index is 8.69. The summed E-state index contributed by atoms with van der Waals surface area (Å²) < 4.78 is 0. The van der Waals surface area contributed by atoms with Crippen molar-refractivity contribution in [3.63, 3.8) is 0 Å². The fourth-order valence-electron chi connectivity index (χ4n) is 0.685. The summed E-state index contributed by atoms with van der Waals surface area (Å²) in [6.45, 7) is 3.46. The minimum absolute atomic E-state index is 0.214. The van der Waals surface area contributed by atoms with Gasteiger partial charge in [0, 0.05) is 11.7 Å². The van der Waals surface area contributed by atoms with Crippen LogP contribution in [0.15, 0.2) is 31.0 Å². The van der Waals surface area contributed by atoms with E-state index in [0.717, 1.165) is 0 Å². The molecule has 0 bridgehead atoms. The summed E-state index contributed by atoms with van der Waals surface area (Å²) in [7, 11) is -1.52. The average Bonchev–Trinajstić information content (AvgIpc) is 2.05. The van der Waals surface area contributed by atoms with Crippen LogP contribution in [0, 0.1) is 0 Å². The Labute approximate surface area is 65.2 Å². The Balaban J connectivity index is 2.86. The maximum absolute atomic E-state index is 8.69. The standard InChI is InChI=1S/C7H8BNO2/c1-6(8(10)11)7-4-2-3-5-9-7/h2-5,10-11H,1H2. The molecule has 3 nitrogen and oxygen atoms in total. The molecule has 0 aromatic carbocycles. The van der Waals surface area contributed by atoms with Gasteiger partial charge in [-0.25, -0.2) is 0 Å². The topological polar surface area (TPSA) is 53.4 Å². The zero-order valence-corrected chi connectivity index (χ0v) is 5.94. The second kappa shape index (κ2) is 3.32. The van der Waals surface area contributed by atoms with Crippen molar-refractivity contribution in [3.8, 4) is 0 Å². The summed E-state index contributed by atoms with van der Waals surface area (Å²) in [6, 6.07) is 5.18. The van der Waals surface area contributed by atoms with Gasteiger partial charge in [0.2, 0.25) is 0 Å². The van der Waals surface area contributed by atoms with E-state index in [-0.39, 0.29) is 5.47 Å². The van der Waals surface area contributed by atoms with E-state index in [0.29, 0.717) is 5.69 Å². The van der Waals surface area contributed by atoms with Gasteiger partial charge in [0.15, 0.2) is 0 Å². The Morgan fingerprint density at radius 2 is 2.18 bits per heavy atom. The first-order chi connectivity index (χ1) is 5.22. The van der Waals surface area contributed by atoms with Crippen LogP contribution in [0.3, 0.4) is 0 Å². The van der Waals surface area contributed by atoms with Gasteiger partial charge >= 0.3 is 7.12 Å². The molecule has 1 heterocycles. The molecule has 0 aliphatic rings. The highest BCUT2D eigenvalue weighted by molar-refractivity contribution is 6.65. The number of hydrogen-bond acceptors (Lipinski definition) is 3. The van der Waals surface area contributed by atoms with Crippen molar-refractivity contribution >= 4 is 12.6 Å². The Hall–Kier alpha value is -1.13. The van der Waals surface area contributed by atoms with Gasteiger partial charge in [-0.3, -0.25) is 4.98 Å². The van der Waals surface area contributed by atoms with E-state index in [1.165, 1.54) is 0 Å². The molecule has 11 heavy (non-hydrogen) atoms. The van der Waals surface area contributed by atoms with Gasteiger partial charge in [0.1, 0.15) is 0 Å². The lowest BCUT2D eigenvalue weighted by Crippen LogP contribution is -2.13. The quantitative estimate of drug-likeness (QED) is 0.586. The molecular weight excluding hydrogens is 141 g/mol. The summed E-state index contributed by atoms with van der Waals surface area (Å²) in [4.78, 5) is 3.88. The van der Waals surface area contributed by atoms with Crippen LogP contribution in [-0.2, 0) is 0 Å². The van der Waals surface area contributed by atoms with Crippen LogP contribution in [0.4, 0.5) is 0 Å². The van der Waals surface area contributed by atoms with E-state index in [1.807, 2.05) is 0 Å². The number of rotatable bonds is 2. The molecule has 0 fully saturated rings. The van der Waals surface area contributed by atoms with Crippen LogP contribution in [0.25, 0.3) is 5.47 Å². The smallest absolute Gasteiger partial charge is 0.423 e. The number of hydrogen-bond donors (Lipinski definition) is 2. The molecule has 0 saturated heterocycles. The van der Waals surface area contributed by atoms with Gasteiger partial charge in [-0.1, -0.05) is 12.6 Å². The first-order valence-electron chi connectivity index (χ1n) is 3.18. The van der Waals surface area contributed by atoms with Crippen LogP contribution < -0.4 is 0 Å². The Morgan fingerprint density at radius 1 is 1.45 bits per heavy atom. The molecule has 0 unspecified atom stereocenters. The average molecular weight is 149 g/mol. The Bertz CT molecular complexity index is 248. The summed E-state index contributed by atoms with van der Waals surface area (Å²) in [5.41, 5.74) is 0.716. The predicted octanol–water partition coefficient (Wildman–Crippen LogP) is 0.107. The van der Waals surface area contributed by atoms with Crippen LogP contribution in [0.2, 0.25) is 0 Å². The molecule has 0 aliphatic heterocycles. The van der Waals surface area contributed by atoms with E-state index in [1.54, 1.807) is 24.4 Å². The largest absolute Gasteiger partial charge is 0.490 e. The summed E-state index contributed by atoms with van der Waals surface area (Å²) in [5, 5.41) is 17.4. The third-order valence-electron chi connectivity index (χ3n) is 1.31. The highest BCUT2D eigenvalue weighted by Gasteiger charge is 2.14. The summed E-state index contributed by atoms with van der Waals surface area (Å²) >= 11 is 0. The number of nitrogens with zero attached hydrogens (tertiary/aromatic N) is 1. The Kier molecular flexibility index (Phi) is 2.41. The van der Waals surface area contributed by atoms with Gasteiger partial charge in [-0.05, 0) is 12.1 Å². The van der Waals surface area contributed by atoms with E-state index in [9.17, 15) is 0 Å². The monoisotopic (exact) mass is 149 g/mol. The molecule has 0 radical (unpaired) electrons. The molecule has 1 aromatic heterocycles. The first kappa shape index (κ1) is 7.98. The summed E-state index contributed by atoms with van der Waals surface area (Å²) in [5.74, 6) is 0. The van der Waals surface area contributed by atoms with Crippen LogP contribution in [-0.4, -0.2) is 22.2 Å². The molecule has 1 aromatic rings. The summed E-state index contributed by atoms with van der Waals surface area (Å²) in [6.07, 6.45) is 1.57. The Morgan fingerprint density at radius 3 is 2.64 bits per heavy atom. The molecule has 0 amide bonds. The van der Waals surface area contributed by atoms with E-state index in [4.69, 9.17) is 10.0 Å². The van der Waals surface area contributed by atoms with E-state index < -0.39 is 7.12 Å². The van der Waals surface area contributed by atoms with Crippen molar-refractivity contribution in [2.75, 3.05) is 0 Å². The second-order valence-electron chi connectivity index (χ2n) is 2.11. The SMILES string of the molecule is C=C(B(O)O)c1ccccn1. The zero-order chi connectivity index (χ0) is 8.27. The lowest BCUT2D eigenvalue weighted by molar-refractivity contribution is 0.427. The van der Waals surface area contributed by atoms with Crippen LogP contribution >= 0.6 is 0 Å². The third-order valence-corrected chi connectivity index (χ3v) is 1.31. The zero-order valence-electron chi connectivity index (χ0n) is 5.94. The van der Waals surface area contributed by atoms with Gasteiger partial charge < -0.3 is 10.0 Å². The van der Waals surface area contributed by atoms with E-state index in [2.05, 4.69) is 11.6 Å². The molecule has 0 spiro atoms. The van der Waals surface area contributed by atoms with Gasteiger partial charge in [0.25, 0.3) is 0 Å². The van der Waals surface area contributed by atoms with Crippen molar-refractivity contribution in [2.45, 2.75) is 0 Å². The molecule has 0 atom stereocenters. The first-order valence-corrected chi connectivity index (χ1v) is 3.18. The maximum Gasteiger partial charge on any atom is 0.490 e. The molecule has 2 N–H and O–H groups in total. The third kappa shape index (κ3) is 1.90. The minimum atomic E-state index is -1.52. The van der Waals surface area contributed by atoms with Crippen LogP contribution in [0.5, 0.6) is 0 Å². The molecule has 0 aliphatic carbocycles. The highest BCUT2D eigenvalue weighted by atomic mass is 16.4. The number of aromatic nitrogens is 1.